The molecule has 4 heteroatoms. The van der Waals surface area contributed by atoms with Gasteiger partial charge in [0.2, 0.25) is 0 Å². The first kappa shape index (κ1) is 17.1. The molecule has 0 aliphatic heterocycles. The fourth-order valence-corrected chi connectivity index (χ4v) is 2.08. The molecule has 0 aliphatic rings. The Morgan fingerprint density at radius 2 is 2.05 bits per heavy atom. The van der Waals surface area contributed by atoms with Gasteiger partial charge in [-0.2, -0.15) is 0 Å². The van der Waals surface area contributed by atoms with Gasteiger partial charge < -0.3 is 15.2 Å². The zero-order chi connectivity index (χ0) is 14.8. The van der Waals surface area contributed by atoms with Gasteiger partial charge in [-0.25, -0.2) is 4.39 Å². The molecule has 20 heavy (non-hydrogen) atoms. The van der Waals surface area contributed by atoms with Gasteiger partial charge in [0.05, 0.1) is 19.3 Å². The first-order valence-corrected chi connectivity index (χ1v) is 7.39. The quantitative estimate of drug-likeness (QED) is 0.694. The molecule has 2 atom stereocenters. The van der Waals surface area contributed by atoms with Crippen LogP contribution >= 0.6 is 0 Å². The molecule has 0 saturated heterocycles. The van der Waals surface area contributed by atoms with E-state index in [0.29, 0.717) is 18.2 Å². The van der Waals surface area contributed by atoms with Crippen LogP contribution < -0.4 is 5.32 Å². The SMILES string of the molecule is CCCC(CC)NCC(O)COCc1ccccc1F. The van der Waals surface area contributed by atoms with Crippen molar-refractivity contribution < 1.29 is 14.2 Å². The highest BCUT2D eigenvalue weighted by atomic mass is 19.1. The molecule has 0 amide bonds. The summed E-state index contributed by atoms with van der Waals surface area (Å²) in [6.07, 6.45) is 2.73. The van der Waals surface area contributed by atoms with E-state index in [2.05, 4.69) is 19.2 Å². The van der Waals surface area contributed by atoms with Crippen molar-refractivity contribution in [3.63, 3.8) is 0 Å². The molecule has 1 aromatic carbocycles. The van der Waals surface area contributed by atoms with Crippen LogP contribution in [0.3, 0.4) is 0 Å². The number of ether oxygens (including phenoxy) is 1. The standard InChI is InChI=1S/C16H26FNO2/c1-3-7-14(4-2)18-10-15(19)12-20-11-13-8-5-6-9-16(13)17/h5-6,8-9,14-15,18-19H,3-4,7,10-12H2,1-2H3. The Kier molecular flexibility index (Phi) is 8.42. The molecule has 0 saturated carbocycles. The molecule has 0 aliphatic carbocycles. The van der Waals surface area contributed by atoms with Gasteiger partial charge in [-0.3, -0.25) is 0 Å². The van der Waals surface area contributed by atoms with Crippen LogP contribution in [0.4, 0.5) is 4.39 Å². The molecule has 1 aromatic rings. The fraction of sp³-hybridized carbons (Fsp3) is 0.625. The summed E-state index contributed by atoms with van der Waals surface area (Å²) in [5.74, 6) is -0.269. The molecule has 3 nitrogen and oxygen atoms in total. The van der Waals surface area contributed by atoms with Gasteiger partial charge in [0.25, 0.3) is 0 Å². The van der Waals surface area contributed by atoms with Crippen molar-refractivity contribution in [1.29, 1.82) is 0 Å². The Labute approximate surface area is 121 Å². The third-order valence-electron chi connectivity index (χ3n) is 3.30. The summed E-state index contributed by atoms with van der Waals surface area (Å²) in [5.41, 5.74) is 0.519. The molecule has 2 unspecified atom stereocenters. The van der Waals surface area contributed by atoms with E-state index in [-0.39, 0.29) is 19.0 Å². The number of benzene rings is 1. The van der Waals surface area contributed by atoms with Gasteiger partial charge in [-0.15, -0.1) is 0 Å². The summed E-state index contributed by atoms with van der Waals surface area (Å²) in [5, 5.41) is 13.2. The van der Waals surface area contributed by atoms with Crippen LogP contribution in [0, 0.1) is 5.82 Å². The van der Waals surface area contributed by atoms with Crippen molar-refractivity contribution in [3.8, 4) is 0 Å². The summed E-state index contributed by atoms with van der Waals surface area (Å²) >= 11 is 0. The number of aliphatic hydroxyl groups excluding tert-OH is 1. The predicted octanol–water partition coefficient (Wildman–Crippen LogP) is 2.87. The fourth-order valence-electron chi connectivity index (χ4n) is 2.08. The van der Waals surface area contributed by atoms with E-state index in [1.54, 1.807) is 18.2 Å². The van der Waals surface area contributed by atoms with Crippen molar-refractivity contribution in [2.24, 2.45) is 0 Å². The first-order valence-electron chi connectivity index (χ1n) is 7.39. The maximum absolute atomic E-state index is 13.3. The molecule has 0 radical (unpaired) electrons. The minimum absolute atomic E-state index is 0.190. The number of rotatable bonds is 10. The molecule has 1 rings (SSSR count). The average molecular weight is 283 g/mol. The van der Waals surface area contributed by atoms with E-state index in [4.69, 9.17) is 4.74 Å². The number of hydrogen-bond acceptors (Lipinski definition) is 3. The Morgan fingerprint density at radius 1 is 1.30 bits per heavy atom. The van der Waals surface area contributed by atoms with E-state index >= 15 is 0 Å². The summed E-state index contributed by atoms with van der Waals surface area (Å²) < 4.78 is 18.7. The minimum Gasteiger partial charge on any atom is -0.389 e. The molecule has 2 N–H and O–H groups in total. The van der Waals surface area contributed by atoms with Crippen molar-refractivity contribution in [2.75, 3.05) is 13.2 Å². The number of nitrogens with one attached hydrogen (secondary N) is 1. The highest BCUT2D eigenvalue weighted by molar-refractivity contribution is 5.16. The lowest BCUT2D eigenvalue weighted by Crippen LogP contribution is -2.37. The summed E-state index contributed by atoms with van der Waals surface area (Å²) in [6, 6.07) is 6.97. The van der Waals surface area contributed by atoms with Crippen LogP contribution in [-0.2, 0) is 11.3 Å². The molecule has 114 valence electrons. The van der Waals surface area contributed by atoms with Crippen molar-refractivity contribution >= 4 is 0 Å². The predicted molar refractivity (Wildman–Crippen MR) is 79.1 cm³/mol. The second kappa shape index (κ2) is 9.86. The van der Waals surface area contributed by atoms with Crippen LogP contribution in [-0.4, -0.2) is 30.4 Å². The second-order valence-corrected chi connectivity index (χ2v) is 5.06. The van der Waals surface area contributed by atoms with Gasteiger partial charge in [0, 0.05) is 18.2 Å². The van der Waals surface area contributed by atoms with Crippen LogP contribution in [0.15, 0.2) is 24.3 Å². The molecule has 0 fully saturated rings. The molecular formula is C16H26FNO2. The van der Waals surface area contributed by atoms with Crippen LogP contribution in [0.25, 0.3) is 0 Å². The zero-order valence-corrected chi connectivity index (χ0v) is 12.4. The van der Waals surface area contributed by atoms with Crippen molar-refractivity contribution in [3.05, 3.63) is 35.6 Å². The Morgan fingerprint density at radius 3 is 2.70 bits per heavy atom. The molecule has 0 spiro atoms. The van der Waals surface area contributed by atoms with Crippen molar-refractivity contribution in [1.82, 2.24) is 5.32 Å². The lowest BCUT2D eigenvalue weighted by molar-refractivity contribution is 0.0264. The molecular weight excluding hydrogens is 257 g/mol. The molecule has 0 heterocycles. The summed E-state index contributed by atoms with van der Waals surface area (Å²) in [6.45, 7) is 5.20. The molecule has 0 bridgehead atoms. The van der Waals surface area contributed by atoms with E-state index in [0.717, 1.165) is 19.3 Å². The zero-order valence-electron chi connectivity index (χ0n) is 12.4. The lowest BCUT2D eigenvalue weighted by Gasteiger charge is -2.19. The van der Waals surface area contributed by atoms with Gasteiger partial charge in [0.1, 0.15) is 5.82 Å². The third-order valence-corrected chi connectivity index (χ3v) is 3.30. The number of hydrogen-bond donors (Lipinski definition) is 2. The first-order chi connectivity index (χ1) is 9.67. The van der Waals surface area contributed by atoms with Crippen LogP contribution in [0.1, 0.15) is 38.7 Å². The maximum atomic E-state index is 13.3. The van der Waals surface area contributed by atoms with Gasteiger partial charge in [-0.05, 0) is 18.9 Å². The Hall–Kier alpha value is -0.970. The van der Waals surface area contributed by atoms with Gasteiger partial charge >= 0.3 is 0 Å². The van der Waals surface area contributed by atoms with E-state index < -0.39 is 6.10 Å². The average Bonchev–Trinajstić information content (AvgIpc) is 2.45. The van der Waals surface area contributed by atoms with E-state index in [1.807, 2.05) is 0 Å². The van der Waals surface area contributed by atoms with Crippen LogP contribution in [0.5, 0.6) is 0 Å². The largest absolute Gasteiger partial charge is 0.389 e. The lowest BCUT2D eigenvalue weighted by atomic mass is 10.1. The summed E-state index contributed by atoms with van der Waals surface area (Å²) in [7, 11) is 0. The summed E-state index contributed by atoms with van der Waals surface area (Å²) in [4.78, 5) is 0. The van der Waals surface area contributed by atoms with Crippen molar-refractivity contribution in [2.45, 2.75) is 51.9 Å². The normalized spacial score (nSPS) is 14.2. The van der Waals surface area contributed by atoms with Gasteiger partial charge in [-0.1, -0.05) is 38.5 Å². The van der Waals surface area contributed by atoms with E-state index in [1.165, 1.54) is 6.07 Å². The number of aliphatic hydroxyl groups is 1. The topological polar surface area (TPSA) is 41.5 Å². The number of halogens is 1. The van der Waals surface area contributed by atoms with Gasteiger partial charge in [0.15, 0.2) is 0 Å². The highest BCUT2D eigenvalue weighted by Gasteiger charge is 2.09. The second-order valence-electron chi connectivity index (χ2n) is 5.06. The monoisotopic (exact) mass is 283 g/mol. The van der Waals surface area contributed by atoms with Crippen LogP contribution in [0.2, 0.25) is 0 Å². The Bertz CT molecular complexity index is 373. The smallest absolute Gasteiger partial charge is 0.128 e. The minimum atomic E-state index is -0.562. The highest BCUT2D eigenvalue weighted by Crippen LogP contribution is 2.07. The third kappa shape index (κ3) is 6.46. The molecule has 0 aromatic heterocycles. The van der Waals surface area contributed by atoms with E-state index in [9.17, 15) is 9.50 Å². The maximum Gasteiger partial charge on any atom is 0.128 e. The Balaban J connectivity index is 2.20.